The molecule has 2 aliphatic heterocycles. The van der Waals surface area contributed by atoms with Gasteiger partial charge in [-0.25, -0.2) is 24.9 Å². The largest absolute Gasteiger partial charge is 0.356 e. The number of rotatable bonds is 5. The van der Waals surface area contributed by atoms with Gasteiger partial charge in [0, 0.05) is 57.7 Å². The Morgan fingerprint density at radius 1 is 1.00 bits per heavy atom. The van der Waals surface area contributed by atoms with Crippen LogP contribution in [-0.2, 0) is 0 Å². The molecule has 1 N–H and O–H groups in total. The monoisotopic (exact) mass is 396 g/mol. The summed E-state index contributed by atoms with van der Waals surface area (Å²) in [6.07, 6.45) is 8.60. The number of piperidine rings is 1. The number of nitrogens with zero attached hydrogens (tertiary/aromatic N) is 8. The first-order chi connectivity index (χ1) is 14.1. The molecule has 2 aromatic heterocycles. The summed E-state index contributed by atoms with van der Waals surface area (Å²) in [4.78, 5) is 25.0. The van der Waals surface area contributed by atoms with Crippen LogP contribution in [0, 0.1) is 6.33 Å². The molecule has 1 radical (unpaired) electrons. The number of hydrogen-bond acceptors (Lipinski definition) is 9. The smallest absolute Gasteiger partial charge is 0.201 e. The van der Waals surface area contributed by atoms with E-state index in [-0.39, 0.29) is 0 Å². The number of piperazine rings is 1. The maximum absolute atomic E-state index is 4.54. The van der Waals surface area contributed by atoms with Crippen LogP contribution in [0.3, 0.4) is 0 Å². The average molecular weight is 397 g/mol. The maximum atomic E-state index is 4.54. The van der Waals surface area contributed by atoms with Gasteiger partial charge < -0.3 is 20.1 Å². The van der Waals surface area contributed by atoms with E-state index in [2.05, 4.69) is 72.5 Å². The van der Waals surface area contributed by atoms with Crippen LogP contribution in [-0.4, -0.2) is 101 Å². The zero-order valence-corrected chi connectivity index (χ0v) is 17.5. The SMILES string of the molecule is CN1CCN(Nc2n[c]nc(N3CCC(N(C)C)CC3)c2-c2ncccn2)CC1. The van der Waals surface area contributed by atoms with Gasteiger partial charge in [-0.15, -0.1) is 0 Å². The minimum absolute atomic E-state index is 0.608. The van der Waals surface area contributed by atoms with E-state index < -0.39 is 0 Å². The van der Waals surface area contributed by atoms with E-state index >= 15 is 0 Å². The first-order valence-corrected chi connectivity index (χ1v) is 10.3. The van der Waals surface area contributed by atoms with Crippen LogP contribution in [0.4, 0.5) is 11.6 Å². The second kappa shape index (κ2) is 8.98. The van der Waals surface area contributed by atoms with Crippen molar-refractivity contribution in [1.82, 2.24) is 34.7 Å². The van der Waals surface area contributed by atoms with Gasteiger partial charge in [0.05, 0.1) is 0 Å². The number of hydrogen-bond donors (Lipinski definition) is 1. The molecule has 0 amide bonds. The molecular formula is C20H30N9. The van der Waals surface area contributed by atoms with E-state index in [1.54, 1.807) is 12.4 Å². The maximum Gasteiger partial charge on any atom is 0.201 e. The first kappa shape index (κ1) is 19.9. The Morgan fingerprint density at radius 3 is 2.34 bits per heavy atom. The van der Waals surface area contributed by atoms with Gasteiger partial charge in [0.2, 0.25) is 6.33 Å². The third kappa shape index (κ3) is 4.63. The summed E-state index contributed by atoms with van der Waals surface area (Å²) in [7, 11) is 6.45. The molecule has 4 heterocycles. The van der Waals surface area contributed by atoms with Crippen LogP contribution < -0.4 is 10.3 Å². The fourth-order valence-electron chi connectivity index (χ4n) is 3.95. The van der Waals surface area contributed by atoms with Crippen molar-refractivity contribution in [2.45, 2.75) is 18.9 Å². The molecule has 0 atom stereocenters. The van der Waals surface area contributed by atoms with E-state index in [1.807, 2.05) is 6.07 Å². The van der Waals surface area contributed by atoms with Crippen LogP contribution in [0.1, 0.15) is 12.8 Å². The van der Waals surface area contributed by atoms with Gasteiger partial charge in [0.15, 0.2) is 11.6 Å². The molecule has 29 heavy (non-hydrogen) atoms. The predicted octanol–water partition coefficient (Wildman–Crippen LogP) is 0.838. The molecule has 2 aliphatic rings. The summed E-state index contributed by atoms with van der Waals surface area (Å²) < 4.78 is 0. The van der Waals surface area contributed by atoms with E-state index in [0.29, 0.717) is 11.9 Å². The number of aromatic nitrogens is 4. The second-order valence-electron chi connectivity index (χ2n) is 8.03. The van der Waals surface area contributed by atoms with Crippen molar-refractivity contribution >= 4 is 11.6 Å². The van der Waals surface area contributed by atoms with E-state index in [0.717, 1.165) is 69.3 Å². The molecule has 2 aromatic rings. The highest BCUT2D eigenvalue weighted by Gasteiger charge is 2.27. The Balaban J connectivity index is 1.63. The third-order valence-electron chi connectivity index (χ3n) is 5.83. The van der Waals surface area contributed by atoms with Crippen molar-refractivity contribution in [2.24, 2.45) is 0 Å². The molecule has 0 aliphatic carbocycles. The number of hydrazine groups is 1. The van der Waals surface area contributed by atoms with Crippen LogP contribution in [0.5, 0.6) is 0 Å². The lowest BCUT2D eigenvalue weighted by Crippen LogP contribution is -2.47. The molecule has 4 rings (SSSR count). The Kier molecular flexibility index (Phi) is 6.17. The highest BCUT2D eigenvalue weighted by atomic mass is 15.5. The van der Waals surface area contributed by atoms with Crippen molar-refractivity contribution in [3.8, 4) is 11.4 Å². The Hall–Kier alpha value is -2.36. The highest BCUT2D eigenvalue weighted by molar-refractivity contribution is 5.81. The van der Waals surface area contributed by atoms with Gasteiger partial charge in [-0.3, -0.25) is 0 Å². The molecule has 9 heteroatoms. The summed E-state index contributed by atoms with van der Waals surface area (Å²) in [6.45, 7) is 5.79. The van der Waals surface area contributed by atoms with Gasteiger partial charge in [-0.05, 0) is 40.1 Å². The lowest BCUT2D eigenvalue weighted by atomic mass is 10.0. The molecular weight excluding hydrogens is 366 g/mol. The Labute approximate surface area is 172 Å². The minimum atomic E-state index is 0.608. The van der Waals surface area contributed by atoms with Crippen LogP contribution in [0.25, 0.3) is 11.4 Å². The lowest BCUT2D eigenvalue weighted by molar-refractivity contribution is 0.178. The fraction of sp³-hybridized carbons (Fsp3) is 0.600. The summed E-state index contributed by atoms with van der Waals surface area (Å²) in [5.74, 6) is 2.23. The lowest BCUT2D eigenvalue weighted by Gasteiger charge is -2.37. The van der Waals surface area contributed by atoms with Gasteiger partial charge in [0.1, 0.15) is 11.4 Å². The summed E-state index contributed by atoms with van der Waals surface area (Å²) in [5, 5.41) is 2.20. The average Bonchev–Trinajstić information content (AvgIpc) is 2.76. The Morgan fingerprint density at radius 2 is 1.69 bits per heavy atom. The van der Waals surface area contributed by atoms with E-state index in [4.69, 9.17) is 0 Å². The zero-order chi connectivity index (χ0) is 20.2. The number of likely N-dealkylation sites (N-methyl/N-ethyl adjacent to an activating group) is 1. The van der Waals surface area contributed by atoms with Gasteiger partial charge in [0.25, 0.3) is 0 Å². The van der Waals surface area contributed by atoms with Gasteiger partial charge >= 0.3 is 0 Å². The third-order valence-corrected chi connectivity index (χ3v) is 5.83. The molecule has 2 fully saturated rings. The van der Waals surface area contributed by atoms with Gasteiger partial charge in [-0.1, -0.05) is 0 Å². The quantitative estimate of drug-likeness (QED) is 0.791. The normalized spacial score (nSPS) is 19.7. The number of anilines is 2. The highest BCUT2D eigenvalue weighted by Crippen LogP contribution is 2.33. The zero-order valence-electron chi connectivity index (χ0n) is 17.5. The van der Waals surface area contributed by atoms with Crippen molar-refractivity contribution in [3.05, 3.63) is 24.8 Å². The predicted molar refractivity (Wildman–Crippen MR) is 114 cm³/mol. The molecule has 0 spiro atoms. The summed E-state index contributed by atoms with van der Waals surface area (Å²) in [5.41, 5.74) is 4.34. The summed E-state index contributed by atoms with van der Waals surface area (Å²) >= 11 is 0. The van der Waals surface area contributed by atoms with Crippen molar-refractivity contribution in [2.75, 3.05) is 70.7 Å². The first-order valence-electron chi connectivity index (χ1n) is 10.3. The van der Waals surface area contributed by atoms with E-state index in [1.165, 1.54) is 0 Å². The van der Waals surface area contributed by atoms with Crippen molar-refractivity contribution in [1.29, 1.82) is 0 Å². The van der Waals surface area contributed by atoms with Crippen molar-refractivity contribution in [3.63, 3.8) is 0 Å². The molecule has 0 aromatic carbocycles. The molecule has 9 nitrogen and oxygen atoms in total. The van der Waals surface area contributed by atoms with Crippen LogP contribution in [0.15, 0.2) is 18.5 Å². The van der Waals surface area contributed by atoms with Gasteiger partial charge in [-0.2, -0.15) is 0 Å². The van der Waals surface area contributed by atoms with Crippen LogP contribution in [0.2, 0.25) is 0 Å². The second-order valence-corrected chi connectivity index (χ2v) is 8.03. The topological polar surface area (TPSA) is 76.6 Å². The van der Waals surface area contributed by atoms with E-state index in [9.17, 15) is 0 Å². The molecule has 2 saturated heterocycles. The Bertz CT molecular complexity index is 782. The van der Waals surface area contributed by atoms with Crippen molar-refractivity contribution < 1.29 is 0 Å². The van der Waals surface area contributed by atoms with Crippen LogP contribution >= 0.6 is 0 Å². The molecule has 155 valence electrons. The summed E-state index contributed by atoms with van der Waals surface area (Å²) in [6, 6.07) is 2.44. The fourth-order valence-corrected chi connectivity index (χ4v) is 3.95. The molecule has 0 unspecified atom stereocenters. The number of nitrogens with one attached hydrogen (secondary N) is 1. The minimum Gasteiger partial charge on any atom is -0.356 e. The molecule has 0 bridgehead atoms. The molecule has 0 saturated carbocycles. The standard InChI is InChI=1S/C20H30N9/c1-26(2)16-5-9-28(10-6-16)20-17(18-21-7-4-8-22-18)19(23-15-24-20)25-29-13-11-27(3)12-14-29/h4,7-8,16H,5-6,9-14H2,1-3H3,(H,23,24,25).